The predicted octanol–water partition coefficient (Wildman–Crippen LogP) is 3.38. The Morgan fingerprint density at radius 3 is 2.42 bits per heavy atom. The molecule has 0 saturated heterocycles. The van der Waals surface area contributed by atoms with Crippen LogP contribution in [0.25, 0.3) is 0 Å². The first-order valence-corrected chi connectivity index (χ1v) is 6.91. The molecule has 0 aliphatic heterocycles. The maximum Gasteiger partial charge on any atom is 0.309 e. The van der Waals surface area contributed by atoms with Crippen molar-refractivity contribution in [3.8, 4) is 6.07 Å². The van der Waals surface area contributed by atoms with E-state index in [0.29, 0.717) is 13.0 Å². The van der Waals surface area contributed by atoms with Crippen molar-refractivity contribution >= 4 is 5.97 Å². The summed E-state index contributed by atoms with van der Waals surface area (Å²) in [6, 6.07) is 9.77. The minimum absolute atomic E-state index is 0.0548. The van der Waals surface area contributed by atoms with Gasteiger partial charge < -0.3 is 4.74 Å². The van der Waals surface area contributed by atoms with Gasteiger partial charge in [0.15, 0.2) is 0 Å². The van der Waals surface area contributed by atoms with Crippen molar-refractivity contribution in [3.63, 3.8) is 0 Å². The van der Waals surface area contributed by atoms with E-state index in [1.54, 1.807) is 0 Å². The van der Waals surface area contributed by atoms with Gasteiger partial charge in [-0.2, -0.15) is 5.26 Å². The van der Waals surface area contributed by atoms with E-state index in [-0.39, 0.29) is 11.9 Å². The summed E-state index contributed by atoms with van der Waals surface area (Å²) in [7, 11) is 0. The number of nitriles is 1. The number of hydrogen-bond acceptors (Lipinski definition) is 3. The fraction of sp³-hybridized carbons (Fsp3) is 0.500. The van der Waals surface area contributed by atoms with Crippen LogP contribution >= 0.6 is 0 Å². The van der Waals surface area contributed by atoms with Gasteiger partial charge in [-0.1, -0.05) is 43.5 Å². The van der Waals surface area contributed by atoms with E-state index >= 15 is 0 Å². The summed E-state index contributed by atoms with van der Waals surface area (Å²) in [5.74, 6) is 0.0485. The van der Waals surface area contributed by atoms with Crippen molar-refractivity contribution in [2.75, 3.05) is 0 Å². The quantitative estimate of drug-likeness (QED) is 0.777. The molecule has 1 aromatic rings. The Kier molecular flexibility index (Phi) is 4.97. The monoisotopic (exact) mass is 257 g/mol. The van der Waals surface area contributed by atoms with Gasteiger partial charge in [0.2, 0.25) is 0 Å². The highest BCUT2D eigenvalue weighted by Crippen LogP contribution is 2.24. The van der Waals surface area contributed by atoms with Gasteiger partial charge >= 0.3 is 5.97 Å². The maximum absolute atomic E-state index is 11.9. The van der Waals surface area contributed by atoms with Crippen molar-refractivity contribution in [1.82, 2.24) is 0 Å². The Morgan fingerprint density at radius 2 is 1.79 bits per heavy atom. The molecule has 19 heavy (non-hydrogen) atoms. The lowest BCUT2D eigenvalue weighted by molar-refractivity contribution is -0.151. The van der Waals surface area contributed by atoms with Crippen LogP contribution in [-0.2, 0) is 22.6 Å². The average Bonchev–Trinajstić information content (AvgIpc) is 2.47. The van der Waals surface area contributed by atoms with Crippen molar-refractivity contribution in [2.24, 2.45) is 5.92 Å². The number of nitrogens with zero attached hydrogens (tertiary/aromatic N) is 1. The molecule has 0 radical (unpaired) electrons. The lowest BCUT2D eigenvalue weighted by Gasteiger charge is -2.19. The molecule has 0 atom stereocenters. The number of carbonyl (C=O) groups is 1. The molecule has 0 amide bonds. The summed E-state index contributed by atoms with van der Waals surface area (Å²) >= 11 is 0. The Balaban J connectivity index is 1.81. The van der Waals surface area contributed by atoms with Gasteiger partial charge in [0.05, 0.1) is 18.4 Å². The van der Waals surface area contributed by atoms with E-state index in [0.717, 1.165) is 36.8 Å². The zero-order chi connectivity index (χ0) is 13.5. The molecule has 1 fully saturated rings. The first-order chi connectivity index (χ1) is 9.29. The molecule has 1 aliphatic rings. The molecule has 0 unspecified atom stereocenters. The second kappa shape index (κ2) is 6.94. The molecular weight excluding hydrogens is 238 g/mol. The molecule has 0 N–H and O–H groups in total. The first-order valence-electron chi connectivity index (χ1n) is 6.91. The van der Waals surface area contributed by atoms with Gasteiger partial charge in [-0.25, -0.2) is 0 Å². The third kappa shape index (κ3) is 4.10. The van der Waals surface area contributed by atoms with Crippen LogP contribution in [0.3, 0.4) is 0 Å². The number of benzene rings is 1. The second-order valence-corrected chi connectivity index (χ2v) is 5.09. The smallest absolute Gasteiger partial charge is 0.309 e. The average molecular weight is 257 g/mol. The summed E-state index contributed by atoms with van der Waals surface area (Å²) in [5.41, 5.74) is 1.97. The van der Waals surface area contributed by atoms with Gasteiger partial charge in [-0.05, 0) is 24.0 Å². The molecule has 1 aliphatic carbocycles. The van der Waals surface area contributed by atoms with Gasteiger partial charge in [-0.15, -0.1) is 0 Å². The van der Waals surface area contributed by atoms with Crippen LogP contribution in [0.5, 0.6) is 0 Å². The van der Waals surface area contributed by atoms with Crippen LogP contribution in [0.1, 0.15) is 43.2 Å². The van der Waals surface area contributed by atoms with Crippen LogP contribution in [-0.4, -0.2) is 5.97 Å². The lowest BCUT2D eigenvalue weighted by Crippen LogP contribution is -2.20. The van der Waals surface area contributed by atoms with Crippen LogP contribution < -0.4 is 0 Å². The van der Waals surface area contributed by atoms with Crippen molar-refractivity contribution in [1.29, 1.82) is 5.26 Å². The second-order valence-electron chi connectivity index (χ2n) is 5.09. The summed E-state index contributed by atoms with van der Waals surface area (Å²) in [6.45, 7) is 0.335. The molecule has 0 heterocycles. The molecule has 0 bridgehead atoms. The number of carbonyl (C=O) groups excluding carboxylic acids is 1. The first kappa shape index (κ1) is 13.6. The highest BCUT2D eigenvalue weighted by molar-refractivity contribution is 5.72. The minimum Gasteiger partial charge on any atom is -0.461 e. The third-order valence-electron chi connectivity index (χ3n) is 3.63. The van der Waals surface area contributed by atoms with E-state index in [4.69, 9.17) is 10.00 Å². The van der Waals surface area contributed by atoms with E-state index in [1.165, 1.54) is 6.42 Å². The van der Waals surface area contributed by atoms with Crippen LogP contribution in [0.2, 0.25) is 0 Å². The molecule has 0 spiro atoms. The highest BCUT2D eigenvalue weighted by atomic mass is 16.5. The summed E-state index contributed by atoms with van der Waals surface area (Å²) in [6.07, 6.45) is 5.89. The zero-order valence-corrected chi connectivity index (χ0v) is 11.1. The van der Waals surface area contributed by atoms with Crippen molar-refractivity contribution in [2.45, 2.75) is 45.1 Å². The SMILES string of the molecule is N#CCc1ccc(COC(=O)C2CCCCC2)cc1. The van der Waals surface area contributed by atoms with Crippen LogP contribution in [0.15, 0.2) is 24.3 Å². The number of hydrogen-bond donors (Lipinski definition) is 0. The molecule has 2 rings (SSSR count). The summed E-state index contributed by atoms with van der Waals surface area (Å²) in [4.78, 5) is 11.9. The predicted molar refractivity (Wildman–Crippen MR) is 72.1 cm³/mol. The minimum atomic E-state index is -0.0548. The maximum atomic E-state index is 11.9. The van der Waals surface area contributed by atoms with Crippen molar-refractivity contribution < 1.29 is 9.53 Å². The van der Waals surface area contributed by atoms with E-state index in [2.05, 4.69) is 6.07 Å². The summed E-state index contributed by atoms with van der Waals surface area (Å²) in [5, 5.41) is 8.59. The fourth-order valence-electron chi connectivity index (χ4n) is 2.46. The number of rotatable bonds is 4. The lowest BCUT2D eigenvalue weighted by atomic mass is 9.89. The van der Waals surface area contributed by atoms with Crippen LogP contribution in [0.4, 0.5) is 0 Å². The zero-order valence-electron chi connectivity index (χ0n) is 11.1. The van der Waals surface area contributed by atoms with Gasteiger partial charge in [0.1, 0.15) is 6.61 Å². The van der Waals surface area contributed by atoms with E-state index in [9.17, 15) is 4.79 Å². The third-order valence-corrected chi connectivity index (χ3v) is 3.63. The van der Waals surface area contributed by atoms with Gasteiger partial charge in [-0.3, -0.25) is 4.79 Å². The molecule has 0 aromatic heterocycles. The molecule has 1 aromatic carbocycles. The fourth-order valence-corrected chi connectivity index (χ4v) is 2.46. The molecular formula is C16H19NO2. The Hall–Kier alpha value is -1.82. The van der Waals surface area contributed by atoms with Gasteiger partial charge in [0, 0.05) is 0 Å². The normalized spacial score (nSPS) is 15.7. The molecule has 100 valence electrons. The highest BCUT2D eigenvalue weighted by Gasteiger charge is 2.22. The Morgan fingerprint density at radius 1 is 1.16 bits per heavy atom. The standard InChI is InChI=1S/C16H19NO2/c17-11-10-13-6-8-14(9-7-13)12-19-16(18)15-4-2-1-3-5-15/h6-9,15H,1-5,10,12H2. The van der Waals surface area contributed by atoms with Crippen molar-refractivity contribution in [3.05, 3.63) is 35.4 Å². The molecule has 3 nitrogen and oxygen atoms in total. The van der Waals surface area contributed by atoms with Gasteiger partial charge in [0.25, 0.3) is 0 Å². The largest absolute Gasteiger partial charge is 0.461 e. The Labute approximate surface area is 114 Å². The summed E-state index contributed by atoms with van der Waals surface area (Å²) < 4.78 is 5.36. The molecule has 1 saturated carbocycles. The number of ether oxygens (including phenoxy) is 1. The van der Waals surface area contributed by atoms with E-state index < -0.39 is 0 Å². The Bertz CT molecular complexity index is 453. The topological polar surface area (TPSA) is 50.1 Å². The van der Waals surface area contributed by atoms with E-state index in [1.807, 2.05) is 24.3 Å². The number of esters is 1. The van der Waals surface area contributed by atoms with Crippen LogP contribution in [0, 0.1) is 17.2 Å². The molecule has 3 heteroatoms.